The average Bonchev–Trinajstić information content (AvgIpc) is 1.44. The van der Waals surface area contributed by atoms with Gasteiger partial charge >= 0.3 is 60.3 Å². The zero-order chi connectivity index (χ0) is 93.0. The Bertz CT molecular complexity index is 7570. The first-order chi connectivity index (χ1) is 65.7. The van der Waals surface area contributed by atoms with Gasteiger partial charge in [0, 0.05) is 64.1 Å². The van der Waals surface area contributed by atoms with E-state index in [0.29, 0.717) is 35.5 Å². The van der Waals surface area contributed by atoms with Crippen LogP contribution in [-0.4, -0.2) is 74.0 Å². The van der Waals surface area contributed by atoms with Gasteiger partial charge in [-0.15, -0.1) is 93.9 Å². The van der Waals surface area contributed by atoms with E-state index < -0.39 is 0 Å². The van der Waals surface area contributed by atoms with E-state index in [2.05, 4.69) is 320 Å². The number of hydrogen-bond donors (Lipinski definition) is 0. The second kappa shape index (κ2) is 41.1. The molecule has 3 aliphatic rings. The first kappa shape index (κ1) is 96.2. The monoisotopic (exact) mass is 2330 g/mol. The normalized spacial score (nSPS) is 13.0. The SMILES string of the molecule is CC(C)c1cccc(C(C)C)c1-c1cn2c(n1)c1[c-]ccc3ccc4ccnc2c4c31.CC(C)c1cccc(C(C)C)c1-c1cn2c(n1)c1[c-]cccc1c1c3ccccc3c3ccccc3c12.CC(C)c1cccc(C(C)C)c1-c1cn2c3ccnc4ccc5cc[c-]c(c5c43)c2n1.CN1C=CN(c2[c-]cccc2)[CH-]1.CN1C=CN(c2[c-]cccc2)[CH-]1.CN1C=CN(c2[c-]cccc2)[CH-]1.[Ir+3].[Ir+3].[Ir+3]. The molecule has 0 amide bonds. The van der Waals surface area contributed by atoms with Gasteiger partial charge in [0.2, 0.25) is 0 Å². The molecular weight excluding hydrogens is 2230 g/mol. The molecule has 17 heteroatoms. The fourth-order valence-electron chi connectivity index (χ4n) is 19.6. The number of fused-ring (bicyclic) bond motifs is 17. The number of pyridine rings is 5. The van der Waals surface area contributed by atoms with Crippen LogP contribution in [0.3, 0.4) is 0 Å². The molecule has 688 valence electrons. The summed E-state index contributed by atoms with van der Waals surface area (Å²) < 4.78 is 6.73. The summed E-state index contributed by atoms with van der Waals surface area (Å²) in [4.78, 5) is 37.3. The topological polar surface area (TPSA) is 97.1 Å². The van der Waals surface area contributed by atoms with Crippen LogP contribution in [-0.2, 0) is 60.3 Å². The van der Waals surface area contributed by atoms with Gasteiger partial charge in [0.05, 0.1) is 39.5 Å². The van der Waals surface area contributed by atoms with Crippen LogP contribution in [0.25, 0.3) is 159 Å². The third-order valence-electron chi connectivity index (χ3n) is 26.0. The zero-order valence-electron chi connectivity index (χ0n) is 80.1. The van der Waals surface area contributed by atoms with Gasteiger partial charge in [-0.3, -0.25) is 19.9 Å². The van der Waals surface area contributed by atoms with Crippen molar-refractivity contribution in [2.24, 2.45) is 0 Å². The van der Waals surface area contributed by atoms with E-state index in [0.717, 1.165) is 83.9 Å². The summed E-state index contributed by atoms with van der Waals surface area (Å²) in [5.74, 6) is 2.49. The van der Waals surface area contributed by atoms with E-state index in [-0.39, 0.29) is 60.3 Å². The Kier molecular flexibility index (Phi) is 28.6. The van der Waals surface area contributed by atoms with Gasteiger partial charge in [0.15, 0.2) is 0 Å². The maximum absolute atomic E-state index is 5.37. The van der Waals surface area contributed by atoms with Crippen molar-refractivity contribution in [3.8, 4) is 33.8 Å². The predicted molar refractivity (Wildman–Crippen MR) is 563 cm³/mol. The fraction of sp³-hybridized carbons (Fsp3) is 0.174. The number of hydrogen-bond acceptors (Lipinski definition) is 11. The van der Waals surface area contributed by atoms with Gasteiger partial charge in [-0.2, -0.15) is 111 Å². The summed E-state index contributed by atoms with van der Waals surface area (Å²) in [7, 11) is 6.00. The van der Waals surface area contributed by atoms with Crippen LogP contribution in [0, 0.1) is 56.4 Å². The Balaban J connectivity index is 0.000000120. The first-order valence-electron chi connectivity index (χ1n) is 46.8. The maximum Gasteiger partial charge on any atom is 3.00 e. The van der Waals surface area contributed by atoms with E-state index in [1.807, 2.05) is 211 Å². The predicted octanol–water partition coefficient (Wildman–Crippen LogP) is 29.8. The van der Waals surface area contributed by atoms with Crippen LogP contribution < -0.4 is 14.7 Å². The number of nitrogens with zero attached hydrogens (tertiary/aromatic N) is 14. The minimum absolute atomic E-state index is 0. The molecule has 22 aromatic rings. The van der Waals surface area contributed by atoms with E-state index in [1.165, 1.54) is 126 Å². The standard InChI is InChI=1S/C35H29N2.2C28H24N3.3C10H10N2.3Ir/c1-21(2)23-18-11-19-24(22(3)4)32(23)31-20-37-34-29-16-9-6-13-26(29)25-12-5-7-14-27(25)33(34)28-15-8-10-17-30(28)35(37)36-31;1-16(2)20-8-6-9-21(17(3)4)26(20)23-15-31-27(30-23)22-10-5-7-18-11-12-19-13-14-29-28(31)25(19)24(18)22;1-16(2)19-8-6-9-20(17(3)4)26(19)23-15-31-24-13-14-29-22-12-11-18-7-5-10-21(28(31)30-23)25(18)27(22)24;3*1-11-7-8-12(9-11)10-5-3-2-4-6-10;;;/h5-16,18-22H,1-4H3;2*5-9,11-17H,1-4H3;3*2-5,7-9H,1H3;;;/q3*-1;3*-2;3*+3. The number of aromatic nitrogens is 8. The van der Waals surface area contributed by atoms with Crippen LogP contribution in [0.2, 0.25) is 0 Å². The van der Waals surface area contributed by atoms with E-state index in [9.17, 15) is 0 Å². The van der Waals surface area contributed by atoms with Crippen LogP contribution in [0.15, 0.2) is 323 Å². The van der Waals surface area contributed by atoms with Crippen molar-refractivity contribution >= 4 is 142 Å². The summed E-state index contributed by atoms with van der Waals surface area (Å²) in [6, 6.07) is 109. The molecule has 0 saturated heterocycles. The minimum atomic E-state index is 0. The third kappa shape index (κ3) is 18.3. The van der Waals surface area contributed by atoms with Gasteiger partial charge in [0.1, 0.15) is 5.65 Å². The van der Waals surface area contributed by atoms with Crippen LogP contribution in [0.4, 0.5) is 17.1 Å². The number of anilines is 3. The van der Waals surface area contributed by atoms with E-state index >= 15 is 0 Å². The van der Waals surface area contributed by atoms with Gasteiger partial charge in [-0.1, -0.05) is 231 Å². The molecule has 138 heavy (non-hydrogen) atoms. The molecule has 0 saturated carbocycles. The summed E-state index contributed by atoms with van der Waals surface area (Å²) in [6.45, 7) is 33.2. The molecule has 25 rings (SSSR count). The van der Waals surface area contributed by atoms with Crippen LogP contribution in [0.5, 0.6) is 0 Å². The molecule has 0 atom stereocenters. The molecule has 11 heterocycles. The van der Waals surface area contributed by atoms with E-state index in [1.54, 1.807) is 0 Å². The molecule has 14 aromatic carbocycles. The molecule has 0 spiro atoms. The van der Waals surface area contributed by atoms with Gasteiger partial charge in [-0.05, 0) is 183 Å². The number of para-hydroxylation sites is 3. The quantitative estimate of drug-likeness (QED) is 0.0864. The summed E-state index contributed by atoms with van der Waals surface area (Å²) >= 11 is 0. The largest absolute Gasteiger partial charge is 3.00 e. The third-order valence-corrected chi connectivity index (χ3v) is 26.0. The van der Waals surface area contributed by atoms with Crippen molar-refractivity contribution in [3.05, 3.63) is 413 Å². The van der Waals surface area contributed by atoms with Crippen LogP contribution >= 0.6 is 0 Å². The molecule has 8 aromatic heterocycles. The second-order valence-electron chi connectivity index (χ2n) is 37.0. The van der Waals surface area contributed by atoms with Crippen LogP contribution in [0.1, 0.15) is 152 Å². The van der Waals surface area contributed by atoms with Gasteiger partial charge < -0.3 is 42.6 Å². The zero-order valence-corrected chi connectivity index (χ0v) is 87.2. The first-order valence-corrected chi connectivity index (χ1v) is 46.8. The molecular formula is C121H107Ir3N14. The molecule has 0 fully saturated rings. The van der Waals surface area contributed by atoms with Gasteiger partial charge in [-0.25, -0.2) is 4.98 Å². The molecule has 0 aliphatic carbocycles. The van der Waals surface area contributed by atoms with Crippen molar-refractivity contribution < 1.29 is 60.3 Å². The average molecular weight is 2330 g/mol. The molecule has 0 bridgehead atoms. The summed E-state index contributed by atoms with van der Waals surface area (Å²) in [5, 5.41) is 19.1. The molecule has 0 unspecified atom stereocenters. The molecule has 0 N–H and O–H groups in total. The minimum Gasteiger partial charge on any atom is -0.510 e. The number of rotatable bonds is 12. The summed E-state index contributed by atoms with van der Waals surface area (Å²) in [5.41, 5.74) is 25.3. The van der Waals surface area contributed by atoms with Crippen molar-refractivity contribution in [1.29, 1.82) is 0 Å². The van der Waals surface area contributed by atoms with Crippen molar-refractivity contribution in [2.45, 2.75) is 119 Å². The smallest absolute Gasteiger partial charge is 0.510 e. The van der Waals surface area contributed by atoms with Crippen molar-refractivity contribution in [1.82, 2.24) is 52.8 Å². The Morgan fingerprint density at radius 1 is 0.268 bits per heavy atom. The van der Waals surface area contributed by atoms with Crippen molar-refractivity contribution in [3.63, 3.8) is 0 Å². The fourth-order valence-corrected chi connectivity index (χ4v) is 19.6. The van der Waals surface area contributed by atoms with Crippen molar-refractivity contribution in [2.75, 3.05) is 35.8 Å². The molecule has 0 radical (unpaired) electrons. The second-order valence-corrected chi connectivity index (χ2v) is 37.0. The Labute approximate surface area is 849 Å². The van der Waals surface area contributed by atoms with Gasteiger partial charge in [0.25, 0.3) is 0 Å². The Hall–Kier alpha value is -13.5. The Morgan fingerprint density at radius 2 is 0.630 bits per heavy atom. The molecule has 3 aliphatic heterocycles. The maximum atomic E-state index is 5.37. The molecule has 14 nitrogen and oxygen atoms in total. The summed E-state index contributed by atoms with van der Waals surface area (Å²) in [6.07, 6.45) is 22.5. The number of benzene rings is 14. The Morgan fingerprint density at radius 3 is 1.07 bits per heavy atom. The van der Waals surface area contributed by atoms with E-state index in [4.69, 9.17) is 19.9 Å². The number of imidazole rings is 3.